The first-order valence-electron chi connectivity index (χ1n) is 8.16. The molecule has 3 rings (SSSR count). The van der Waals surface area contributed by atoms with Gasteiger partial charge in [-0.15, -0.1) is 0 Å². The average Bonchev–Trinajstić information content (AvgIpc) is 2.58. The van der Waals surface area contributed by atoms with E-state index in [4.69, 9.17) is 11.6 Å². The molecule has 1 aromatic carbocycles. The number of pyridine rings is 1. The van der Waals surface area contributed by atoms with E-state index in [1.165, 1.54) is 5.56 Å². The molecule has 0 unspecified atom stereocenters. The molecular formula is C19H21ClN2O. The molecule has 0 radical (unpaired) electrons. The van der Waals surface area contributed by atoms with Crippen molar-refractivity contribution >= 4 is 23.2 Å². The highest BCUT2D eigenvalue weighted by molar-refractivity contribution is 6.30. The molecule has 4 heteroatoms. The Hall–Kier alpha value is -1.87. The van der Waals surface area contributed by atoms with E-state index in [0.29, 0.717) is 23.3 Å². The van der Waals surface area contributed by atoms with E-state index in [0.717, 1.165) is 31.4 Å². The Labute approximate surface area is 142 Å². The van der Waals surface area contributed by atoms with Crippen LogP contribution in [0.2, 0.25) is 5.02 Å². The average molecular weight is 329 g/mol. The standard InChI is InChI=1S/C19H21ClN2O/c20-17-5-7-18(8-6-17)22-19(23)13-14-1-3-15(4-2-14)16-9-11-21-12-10-16/h5-12,14-15H,1-4,13H2,(H,22,23)/t14-,15-. The minimum Gasteiger partial charge on any atom is -0.326 e. The second-order valence-electron chi connectivity index (χ2n) is 6.26. The Morgan fingerprint density at radius 2 is 1.70 bits per heavy atom. The molecule has 1 fully saturated rings. The van der Waals surface area contributed by atoms with E-state index in [1.807, 2.05) is 24.5 Å². The van der Waals surface area contributed by atoms with Gasteiger partial charge in [-0.3, -0.25) is 9.78 Å². The Morgan fingerprint density at radius 1 is 1.04 bits per heavy atom. The highest BCUT2D eigenvalue weighted by atomic mass is 35.5. The number of carbonyl (C=O) groups excluding carboxylic acids is 1. The number of aromatic nitrogens is 1. The van der Waals surface area contributed by atoms with Crippen LogP contribution in [0.15, 0.2) is 48.8 Å². The summed E-state index contributed by atoms with van der Waals surface area (Å²) in [7, 11) is 0. The second kappa shape index (κ2) is 7.60. The number of amides is 1. The molecule has 1 saturated carbocycles. The number of halogens is 1. The van der Waals surface area contributed by atoms with Crippen LogP contribution in [0.1, 0.15) is 43.6 Å². The smallest absolute Gasteiger partial charge is 0.224 e. The third-order valence-electron chi connectivity index (χ3n) is 4.63. The maximum atomic E-state index is 12.2. The highest BCUT2D eigenvalue weighted by Crippen LogP contribution is 2.36. The van der Waals surface area contributed by atoms with Gasteiger partial charge in [-0.05, 0) is 79.5 Å². The molecule has 23 heavy (non-hydrogen) atoms. The van der Waals surface area contributed by atoms with Crippen molar-refractivity contribution in [2.75, 3.05) is 5.32 Å². The summed E-state index contributed by atoms with van der Waals surface area (Å²) in [4.78, 5) is 16.2. The van der Waals surface area contributed by atoms with Gasteiger partial charge in [0, 0.05) is 29.5 Å². The molecule has 0 spiro atoms. The molecular weight excluding hydrogens is 308 g/mol. The number of nitrogens with one attached hydrogen (secondary N) is 1. The molecule has 0 saturated heterocycles. The zero-order chi connectivity index (χ0) is 16.1. The summed E-state index contributed by atoms with van der Waals surface area (Å²) in [6.07, 6.45) is 8.86. The molecule has 1 heterocycles. The Balaban J connectivity index is 1.47. The Kier molecular flexibility index (Phi) is 5.29. The molecule has 1 aromatic heterocycles. The fourth-order valence-electron chi connectivity index (χ4n) is 3.34. The molecule has 1 aliphatic rings. The van der Waals surface area contributed by atoms with Gasteiger partial charge in [-0.2, -0.15) is 0 Å². The number of carbonyl (C=O) groups is 1. The van der Waals surface area contributed by atoms with Gasteiger partial charge in [0.2, 0.25) is 5.91 Å². The molecule has 1 aliphatic carbocycles. The summed E-state index contributed by atoms with van der Waals surface area (Å²) < 4.78 is 0. The fourth-order valence-corrected chi connectivity index (χ4v) is 3.47. The zero-order valence-electron chi connectivity index (χ0n) is 13.0. The van der Waals surface area contributed by atoms with Crippen LogP contribution in [-0.4, -0.2) is 10.9 Å². The summed E-state index contributed by atoms with van der Waals surface area (Å²) >= 11 is 5.85. The topological polar surface area (TPSA) is 42.0 Å². The summed E-state index contributed by atoms with van der Waals surface area (Å²) in [5.41, 5.74) is 2.19. The summed E-state index contributed by atoms with van der Waals surface area (Å²) in [6.45, 7) is 0. The van der Waals surface area contributed by atoms with Crippen LogP contribution in [0.4, 0.5) is 5.69 Å². The van der Waals surface area contributed by atoms with Gasteiger partial charge in [0.15, 0.2) is 0 Å². The van der Waals surface area contributed by atoms with Gasteiger partial charge >= 0.3 is 0 Å². The minimum atomic E-state index is 0.0969. The normalized spacial score (nSPS) is 20.9. The summed E-state index contributed by atoms with van der Waals surface area (Å²) in [5, 5.41) is 3.63. The van der Waals surface area contributed by atoms with Crippen LogP contribution < -0.4 is 5.32 Å². The molecule has 0 bridgehead atoms. The van der Waals surface area contributed by atoms with E-state index in [1.54, 1.807) is 12.1 Å². The van der Waals surface area contributed by atoms with Crippen molar-refractivity contribution in [2.24, 2.45) is 5.92 Å². The first kappa shape index (κ1) is 16.0. The molecule has 3 nitrogen and oxygen atoms in total. The number of anilines is 1. The van der Waals surface area contributed by atoms with Crippen LogP contribution in [0, 0.1) is 5.92 Å². The number of rotatable bonds is 4. The quantitative estimate of drug-likeness (QED) is 0.854. The van der Waals surface area contributed by atoms with Crippen molar-refractivity contribution in [1.29, 1.82) is 0 Å². The predicted molar refractivity (Wildman–Crippen MR) is 93.6 cm³/mol. The largest absolute Gasteiger partial charge is 0.326 e. The maximum absolute atomic E-state index is 12.2. The molecule has 1 amide bonds. The van der Waals surface area contributed by atoms with E-state index in [9.17, 15) is 4.79 Å². The van der Waals surface area contributed by atoms with Crippen LogP contribution in [0.5, 0.6) is 0 Å². The number of hydrogen-bond donors (Lipinski definition) is 1. The number of benzene rings is 1. The maximum Gasteiger partial charge on any atom is 0.224 e. The first-order chi connectivity index (χ1) is 11.2. The molecule has 2 aromatic rings. The van der Waals surface area contributed by atoms with Gasteiger partial charge in [0.05, 0.1) is 0 Å². The van der Waals surface area contributed by atoms with Crippen LogP contribution in [-0.2, 0) is 4.79 Å². The van der Waals surface area contributed by atoms with Crippen molar-refractivity contribution < 1.29 is 4.79 Å². The van der Waals surface area contributed by atoms with Crippen molar-refractivity contribution in [3.8, 4) is 0 Å². The van der Waals surface area contributed by atoms with E-state index in [2.05, 4.69) is 22.4 Å². The van der Waals surface area contributed by atoms with E-state index >= 15 is 0 Å². The summed E-state index contributed by atoms with van der Waals surface area (Å²) in [6, 6.07) is 11.5. The molecule has 1 N–H and O–H groups in total. The number of nitrogens with zero attached hydrogens (tertiary/aromatic N) is 1. The van der Waals surface area contributed by atoms with Crippen molar-refractivity contribution in [2.45, 2.75) is 38.0 Å². The van der Waals surface area contributed by atoms with Crippen LogP contribution in [0.25, 0.3) is 0 Å². The molecule has 0 atom stereocenters. The SMILES string of the molecule is O=C(C[C@H]1CC[C@H](c2ccncc2)CC1)Nc1ccc(Cl)cc1. The highest BCUT2D eigenvalue weighted by Gasteiger charge is 2.24. The third kappa shape index (κ3) is 4.55. The lowest BCUT2D eigenvalue weighted by atomic mass is 9.78. The second-order valence-corrected chi connectivity index (χ2v) is 6.69. The van der Waals surface area contributed by atoms with E-state index < -0.39 is 0 Å². The van der Waals surface area contributed by atoms with Crippen molar-refractivity contribution in [3.05, 3.63) is 59.4 Å². The van der Waals surface area contributed by atoms with Gasteiger partial charge in [0.1, 0.15) is 0 Å². The van der Waals surface area contributed by atoms with Crippen LogP contribution in [0.3, 0.4) is 0 Å². The lowest BCUT2D eigenvalue weighted by molar-refractivity contribution is -0.117. The summed E-state index contributed by atoms with van der Waals surface area (Å²) in [5.74, 6) is 1.20. The Bertz CT molecular complexity index is 634. The third-order valence-corrected chi connectivity index (χ3v) is 4.88. The lowest BCUT2D eigenvalue weighted by Gasteiger charge is -2.28. The molecule has 120 valence electrons. The molecule has 0 aliphatic heterocycles. The van der Waals surface area contributed by atoms with Crippen molar-refractivity contribution in [1.82, 2.24) is 4.98 Å². The van der Waals surface area contributed by atoms with E-state index in [-0.39, 0.29) is 5.91 Å². The fraction of sp³-hybridized carbons (Fsp3) is 0.368. The van der Waals surface area contributed by atoms with Gasteiger partial charge in [-0.25, -0.2) is 0 Å². The monoisotopic (exact) mass is 328 g/mol. The minimum absolute atomic E-state index is 0.0969. The van der Waals surface area contributed by atoms with Gasteiger partial charge < -0.3 is 5.32 Å². The zero-order valence-corrected chi connectivity index (χ0v) is 13.8. The lowest BCUT2D eigenvalue weighted by Crippen LogP contribution is -2.20. The van der Waals surface area contributed by atoms with Crippen molar-refractivity contribution in [3.63, 3.8) is 0 Å². The Morgan fingerprint density at radius 3 is 2.35 bits per heavy atom. The predicted octanol–water partition coefficient (Wildman–Crippen LogP) is 5.04. The first-order valence-corrected chi connectivity index (χ1v) is 8.54. The number of hydrogen-bond acceptors (Lipinski definition) is 2. The van der Waals surface area contributed by atoms with Crippen LogP contribution >= 0.6 is 11.6 Å². The van der Waals surface area contributed by atoms with Gasteiger partial charge in [0.25, 0.3) is 0 Å². The van der Waals surface area contributed by atoms with Gasteiger partial charge in [-0.1, -0.05) is 11.6 Å².